The van der Waals surface area contributed by atoms with Gasteiger partial charge in [-0.3, -0.25) is 9.69 Å². The summed E-state index contributed by atoms with van der Waals surface area (Å²) in [5.74, 6) is 0.944. The first-order chi connectivity index (χ1) is 10.8. The van der Waals surface area contributed by atoms with Gasteiger partial charge in [0.15, 0.2) is 0 Å². The quantitative estimate of drug-likeness (QED) is 0.874. The number of hydrogen-bond donors (Lipinski definition) is 1. The molecule has 1 saturated carbocycles. The van der Waals surface area contributed by atoms with Crippen molar-refractivity contribution in [3.8, 4) is 0 Å². The maximum Gasteiger partial charge on any atom is 0.235 e. The Labute approximate surface area is 136 Å². The van der Waals surface area contributed by atoms with Crippen molar-refractivity contribution in [1.29, 1.82) is 0 Å². The highest BCUT2D eigenvalue weighted by Crippen LogP contribution is 2.29. The van der Waals surface area contributed by atoms with E-state index in [-0.39, 0.29) is 12.1 Å². The molecule has 6 heteroatoms. The maximum atomic E-state index is 11.8. The molecule has 1 saturated heterocycles. The average molecular weight is 323 g/mol. The second-order valence-corrected chi connectivity index (χ2v) is 7.28. The van der Waals surface area contributed by atoms with Crippen molar-refractivity contribution in [2.45, 2.75) is 51.3 Å². The first-order valence-corrected chi connectivity index (χ1v) is 9.11. The van der Waals surface area contributed by atoms with Crippen LogP contribution in [0.2, 0.25) is 0 Å². The van der Waals surface area contributed by atoms with Gasteiger partial charge in [0, 0.05) is 19.0 Å². The van der Waals surface area contributed by atoms with Crippen LogP contribution in [0.15, 0.2) is 5.38 Å². The Kier molecular flexibility index (Phi) is 5.44. The Bertz CT molecular complexity index is 499. The van der Waals surface area contributed by atoms with Crippen LogP contribution < -0.4 is 5.32 Å². The monoisotopic (exact) mass is 323 g/mol. The summed E-state index contributed by atoms with van der Waals surface area (Å²) in [5, 5.41) is 6.06. The number of carbonyl (C=O) groups is 1. The number of aromatic nitrogens is 1. The molecule has 1 atom stereocenters. The molecule has 1 N–H and O–H groups in total. The lowest BCUT2D eigenvalue weighted by Crippen LogP contribution is -2.30. The van der Waals surface area contributed by atoms with Gasteiger partial charge in [-0.25, -0.2) is 4.98 Å². The van der Waals surface area contributed by atoms with E-state index in [2.05, 4.69) is 15.2 Å². The van der Waals surface area contributed by atoms with E-state index in [4.69, 9.17) is 4.74 Å². The zero-order valence-corrected chi connectivity index (χ0v) is 14.0. The number of hydrogen-bond acceptors (Lipinski definition) is 5. The van der Waals surface area contributed by atoms with Gasteiger partial charge < -0.3 is 10.1 Å². The Hall–Kier alpha value is -0.980. The molecular weight excluding hydrogens is 298 g/mol. The molecule has 1 aliphatic carbocycles. The molecule has 0 spiro atoms. The number of amides is 1. The van der Waals surface area contributed by atoms with Crippen molar-refractivity contribution >= 4 is 17.2 Å². The van der Waals surface area contributed by atoms with Gasteiger partial charge in [-0.2, -0.15) is 0 Å². The van der Waals surface area contributed by atoms with E-state index >= 15 is 0 Å². The SMILES string of the molecule is COCc1nc(C2NC(=O)CN2CCC2CCCCC2)cs1. The molecule has 2 heterocycles. The maximum absolute atomic E-state index is 11.8. The molecular formula is C16H25N3O2S. The van der Waals surface area contributed by atoms with Gasteiger partial charge in [-0.1, -0.05) is 32.1 Å². The summed E-state index contributed by atoms with van der Waals surface area (Å²) in [6.07, 6.45) is 7.99. The zero-order valence-electron chi connectivity index (χ0n) is 13.2. The molecule has 1 aromatic rings. The Morgan fingerprint density at radius 2 is 2.23 bits per heavy atom. The number of methoxy groups -OCH3 is 1. The molecule has 0 aromatic carbocycles. The van der Waals surface area contributed by atoms with Crippen molar-refractivity contribution in [3.63, 3.8) is 0 Å². The molecule has 1 amide bonds. The third kappa shape index (κ3) is 3.86. The van der Waals surface area contributed by atoms with Gasteiger partial charge >= 0.3 is 0 Å². The van der Waals surface area contributed by atoms with Crippen LogP contribution in [0.4, 0.5) is 0 Å². The molecule has 0 bridgehead atoms. The Morgan fingerprint density at radius 1 is 1.41 bits per heavy atom. The molecule has 1 aromatic heterocycles. The molecule has 2 aliphatic rings. The van der Waals surface area contributed by atoms with Crippen LogP contribution in [0.1, 0.15) is 55.4 Å². The van der Waals surface area contributed by atoms with E-state index < -0.39 is 0 Å². The standard InChI is InChI=1S/C16H25N3O2S/c1-21-10-15-17-13(11-22-15)16-18-14(20)9-19(16)8-7-12-5-3-2-4-6-12/h11-12,16H,2-10H2,1H3,(H,18,20). The van der Waals surface area contributed by atoms with E-state index in [0.717, 1.165) is 23.2 Å². The largest absolute Gasteiger partial charge is 0.378 e. The van der Waals surface area contributed by atoms with Gasteiger partial charge in [0.1, 0.15) is 11.2 Å². The van der Waals surface area contributed by atoms with E-state index in [0.29, 0.717) is 13.2 Å². The van der Waals surface area contributed by atoms with Crippen LogP contribution in [0.3, 0.4) is 0 Å². The molecule has 2 fully saturated rings. The fourth-order valence-corrected chi connectivity index (χ4v) is 4.28. The van der Waals surface area contributed by atoms with Gasteiger partial charge in [0.05, 0.1) is 18.8 Å². The molecule has 3 rings (SSSR count). The van der Waals surface area contributed by atoms with Crippen LogP contribution in [0, 0.1) is 5.92 Å². The number of nitrogens with one attached hydrogen (secondary N) is 1. The van der Waals surface area contributed by atoms with E-state index in [1.54, 1.807) is 18.4 Å². The van der Waals surface area contributed by atoms with Gasteiger partial charge in [-0.15, -0.1) is 11.3 Å². The lowest BCUT2D eigenvalue weighted by molar-refractivity contribution is -0.118. The predicted molar refractivity (Wildman–Crippen MR) is 86.5 cm³/mol. The van der Waals surface area contributed by atoms with Crippen LogP contribution in [0.25, 0.3) is 0 Å². The summed E-state index contributed by atoms with van der Waals surface area (Å²) in [5.41, 5.74) is 0.951. The fraction of sp³-hybridized carbons (Fsp3) is 0.750. The topological polar surface area (TPSA) is 54.5 Å². The summed E-state index contributed by atoms with van der Waals surface area (Å²) in [6.45, 7) is 2.01. The molecule has 0 radical (unpaired) electrons. The van der Waals surface area contributed by atoms with E-state index in [1.807, 2.05) is 5.38 Å². The van der Waals surface area contributed by atoms with Crippen molar-refractivity contribution in [2.24, 2.45) is 5.92 Å². The minimum atomic E-state index is -0.0575. The highest BCUT2D eigenvalue weighted by atomic mass is 32.1. The average Bonchev–Trinajstić information content (AvgIpc) is 3.13. The number of ether oxygens (including phenoxy) is 1. The summed E-state index contributed by atoms with van der Waals surface area (Å²) in [7, 11) is 1.68. The van der Waals surface area contributed by atoms with Crippen molar-refractivity contribution < 1.29 is 9.53 Å². The third-order valence-corrected chi connectivity index (χ3v) is 5.52. The summed E-state index contributed by atoms with van der Waals surface area (Å²) in [6, 6.07) is 0. The molecule has 22 heavy (non-hydrogen) atoms. The van der Waals surface area contributed by atoms with Gasteiger partial charge in [0.25, 0.3) is 0 Å². The zero-order chi connectivity index (χ0) is 15.4. The first-order valence-electron chi connectivity index (χ1n) is 8.23. The van der Waals surface area contributed by atoms with Crippen molar-refractivity contribution in [1.82, 2.24) is 15.2 Å². The highest BCUT2D eigenvalue weighted by molar-refractivity contribution is 7.09. The van der Waals surface area contributed by atoms with Crippen molar-refractivity contribution in [2.75, 3.05) is 20.2 Å². The molecule has 122 valence electrons. The van der Waals surface area contributed by atoms with E-state index in [9.17, 15) is 4.79 Å². The second-order valence-electron chi connectivity index (χ2n) is 6.33. The second kappa shape index (κ2) is 7.53. The molecule has 5 nitrogen and oxygen atoms in total. The summed E-state index contributed by atoms with van der Waals surface area (Å²) >= 11 is 1.60. The van der Waals surface area contributed by atoms with Crippen molar-refractivity contribution in [3.05, 3.63) is 16.1 Å². The van der Waals surface area contributed by atoms with Gasteiger partial charge in [-0.05, 0) is 12.3 Å². The number of rotatable bonds is 6. The number of thiazole rings is 1. The van der Waals surface area contributed by atoms with Gasteiger partial charge in [0.2, 0.25) is 5.91 Å². The van der Waals surface area contributed by atoms with Crippen LogP contribution >= 0.6 is 11.3 Å². The van der Waals surface area contributed by atoms with Crippen LogP contribution in [0.5, 0.6) is 0 Å². The smallest absolute Gasteiger partial charge is 0.235 e. The Morgan fingerprint density at radius 3 is 3.00 bits per heavy atom. The summed E-state index contributed by atoms with van der Waals surface area (Å²) < 4.78 is 5.13. The minimum Gasteiger partial charge on any atom is -0.378 e. The highest BCUT2D eigenvalue weighted by Gasteiger charge is 2.32. The Balaban J connectivity index is 1.59. The first kappa shape index (κ1) is 15.9. The third-order valence-electron chi connectivity index (χ3n) is 4.68. The normalized spacial score (nSPS) is 23.9. The lowest BCUT2D eigenvalue weighted by Gasteiger charge is -2.26. The predicted octanol–water partition coefficient (Wildman–Crippen LogP) is 2.69. The lowest BCUT2D eigenvalue weighted by atomic mass is 9.87. The van der Waals surface area contributed by atoms with Crippen LogP contribution in [-0.4, -0.2) is 36.0 Å². The molecule has 1 unspecified atom stereocenters. The number of carbonyl (C=O) groups excluding carboxylic acids is 1. The summed E-state index contributed by atoms with van der Waals surface area (Å²) in [4.78, 5) is 18.7. The minimum absolute atomic E-state index is 0.0575. The van der Waals surface area contributed by atoms with E-state index in [1.165, 1.54) is 38.5 Å². The molecule has 1 aliphatic heterocycles. The number of nitrogens with zero attached hydrogens (tertiary/aromatic N) is 2. The van der Waals surface area contributed by atoms with Crippen LogP contribution in [-0.2, 0) is 16.1 Å². The fourth-order valence-electron chi connectivity index (χ4n) is 3.50.